The maximum absolute atomic E-state index is 12.0. The van der Waals surface area contributed by atoms with Crippen molar-refractivity contribution in [2.45, 2.75) is 6.54 Å². The molecule has 2 aromatic carbocycles. The van der Waals surface area contributed by atoms with E-state index in [1.54, 1.807) is 18.2 Å². The van der Waals surface area contributed by atoms with Crippen molar-refractivity contribution in [3.63, 3.8) is 0 Å². The number of nitrogens with one attached hydrogen (secondary N) is 2. The predicted octanol–water partition coefficient (Wildman–Crippen LogP) is 1.57. The smallest absolute Gasteiger partial charge is 0.292 e. The van der Waals surface area contributed by atoms with Gasteiger partial charge in [-0.1, -0.05) is 29.5 Å². The highest BCUT2D eigenvalue weighted by Crippen LogP contribution is 2.22. The Labute approximate surface area is 142 Å². The van der Waals surface area contributed by atoms with Gasteiger partial charge in [0.15, 0.2) is 0 Å². The van der Waals surface area contributed by atoms with Crippen molar-refractivity contribution < 1.29 is 9.72 Å². The first kappa shape index (κ1) is 16.4. The van der Waals surface area contributed by atoms with E-state index in [4.69, 9.17) is 0 Å². The maximum atomic E-state index is 12.0. The molecular weight excluding hydrogens is 324 g/mol. The second kappa shape index (κ2) is 7.39. The number of para-hydroxylation sites is 3. The Morgan fingerprint density at radius 1 is 1.12 bits per heavy atom. The monoisotopic (exact) mass is 340 g/mol. The number of anilines is 1. The molecule has 9 heteroatoms. The summed E-state index contributed by atoms with van der Waals surface area (Å²) >= 11 is 0. The average Bonchev–Trinajstić information content (AvgIpc) is 3.02. The van der Waals surface area contributed by atoms with Crippen molar-refractivity contribution in [3.05, 3.63) is 58.6 Å². The summed E-state index contributed by atoms with van der Waals surface area (Å²) < 4.78 is 1.53. The van der Waals surface area contributed by atoms with Gasteiger partial charge >= 0.3 is 0 Å². The van der Waals surface area contributed by atoms with Crippen LogP contribution in [0.5, 0.6) is 0 Å². The number of benzene rings is 2. The number of nitro benzene ring substituents is 1. The molecule has 0 radical (unpaired) electrons. The normalized spacial score (nSPS) is 10.6. The Bertz CT molecular complexity index is 908. The van der Waals surface area contributed by atoms with Crippen LogP contribution < -0.4 is 10.6 Å². The van der Waals surface area contributed by atoms with Gasteiger partial charge in [-0.2, -0.15) is 0 Å². The molecule has 1 aromatic heterocycles. The molecule has 3 rings (SSSR count). The Morgan fingerprint density at radius 2 is 1.88 bits per heavy atom. The Kier molecular flexibility index (Phi) is 4.84. The zero-order valence-electron chi connectivity index (χ0n) is 13.3. The molecule has 25 heavy (non-hydrogen) atoms. The van der Waals surface area contributed by atoms with Crippen molar-refractivity contribution in [2.24, 2.45) is 0 Å². The van der Waals surface area contributed by atoms with Crippen LogP contribution in [0.15, 0.2) is 48.5 Å². The first-order chi connectivity index (χ1) is 12.1. The van der Waals surface area contributed by atoms with Crippen molar-refractivity contribution in [2.75, 3.05) is 18.4 Å². The van der Waals surface area contributed by atoms with Crippen LogP contribution in [0.2, 0.25) is 0 Å². The standard InChI is InChI=1S/C16H16N6O3/c23-16(11-21-14-7-3-2-6-13(14)19-20-21)18-10-9-17-12-5-1-4-8-15(12)22(24)25/h1-8,17H,9-11H2,(H,18,23). The van der Waals surface area contributed by atoms with E-state index in [1.165, 1.54) is 10.7 Å². The van der Waals surface area contributed by atoms with E-state index in [9.17, 15) is 14.9 Å². The molecule has 0 bridgehead atoms. The highest BCUT2D eigenvalue weighted by atomic mass is 16.6. The van der Waals surface area contributed by atoms with Crippen LogP contribution in [0.4, 0.5) is 11.4 Å². The Balaban J connectivity index is 1.49. The molecule has 2 N–H and O–H groups in total. The van der Waals surface area contributed by atoms with Gasteiger partial charge in [0.25, 0.3) is 5.69 Å². The van der Waals surface area contributed by atoms with Crippen molar-refractivity contribution in [1.29, 1.82) is 0 Å². The van der Waals surface area contributed by atoms with Gasteiger partial charge in [-0.3, -0.25) is 14.9 Å². The molecule has 3 aromatic rings. The molecule has 0 aliphatic rings. The van der Waals surface area contributed by atoms with Gasteiger partial charge in [0.2, 0.25) is 5.91 Å². The van der Waals surface area contributed by atoms with E-state index < -0.39 is 4.92 Å². The van der Waals surface area contributed by atoms with E-state index >= 15 is 0 Å². The second-order valence-corrected chi connectivity index (χ2v) is 5.29. The third-order valence-corrected chi connectivity index (χ3v) is 3.58. The van der Waals surface area contributed by atoms with E-state index in [-0.39, 0.29) is 18.1 Å². The summed E-state index contributed by atoms with van der Waals surface area (Å²) in [5.74, 6) is -0.208. The third kappa shape index (κ3) is 3.89. The van der Waals surface area contributed by atoms with Crippen LogP contribution in [0.1, 0.15) is 0 Å². The Morgan fingerprint density at radius 3 is 2.72 bits per heavy atom. The van der Waals surface area contributed by atoms with E-state index in [0.29, 0.717) is 18.8 Å². The third-order valence-electron chi connectivity index (χ3n) is 3.58. The number of hydrogen-bond acceptors (Lipinski definition) is 6. The van der Waals surface area contributed by atoms with Crippen molar-refractivity contribution in [1.82, 2.24) is 20.3 Å². The van der Waals surface area contributed by atoms with Gasteiger partial charge in [-0.15, -0.1) is 5.10 Å². The summed E-state index contributed by atoms with van der Waals surface area (Å²) in [6, 6.07) is 13.8. The van der Waals surface area contributed by atoms with E-state index in [1.807, 2.05) is 24.3 Å². The number of fused-ring (bicyclic) bond motifs is 1. The topological polar surface area (TPSA) is 115 Å². The fourth-order valence-corrected chi connectivity index (χ4v) is 2.41. The zero-order valence-corrected chi connectivity index (χ0v) is 13.3. The Hall–Kier alpha value is -3.49. The van der Waals surface area contributed by atoms with Gasteiger partial charge < -0.3 is 10.6 Å². The van der Waals surface area contributed by atoms with Crippen LogP contribution in [-0.4, -0.2) is 38.9 Å². The number of hydrogen-bond donors (Lipinski definition) is 2. The minimum Gasteiger partial charge on any atom is -0.378 e. The summed E-state index contributed by atoms with van der Waals surface area (Å²) in [4.78, 5) is 22.5. The molecule has 128 valence electrons. The molecule has 0 spiro atoms. The van der Waals surface area contributed by atoms with Crippen molar-refractivity contribution in [3.8, 4) is 0 Å². The highest BCUT2D eigenvalue weighted by molar-refractivity contribution is 5.79. The number of amides is 1. The predicted molar refractivity (Wildman–Crippen MR) is 92.1 cm³/mol. The number of aromatic nitrogens is 3. The van der Waals surface area contributed by atoms with Gasteiger partial charge in [-0.05, 0) is 18.2 Å². The quantitative estimate of drug-likeness (QED) is 0.383. The fraction of sp³-hybridized carbons (Fsp3) is 0.188. The lowest BCUT2D eigenvalue weighted by molar-refractivity contribution is -0.384. The molecule has 0 aliphatic heterocycles. The highest BCUT2D eigenvalue weighted by Gasteiger charge is 2.12. The van der Waals surface area contributed by atoms with E-state index in [0.717, 1.165) is 11.0 Å². The van der Waals surface area contributed by atoms with Crippen LogP contribution in [-0.2, 0) is 11.3 Å². The molecule has 9 nitrogen and oxygen atoms in total. The number of nitro groups is 1. The van der Waals surface area contributed by atoms with Crippen LogP contribution in [0, 0.1) is 10.1 Å². The molecule has 0 saturated heterocycles. The minimum atomic E-state index is -0.448. The lowest BCUT2D eigenvalue weighted by atomic mass is 10.2. The van der Waals surface area contributed by atoms with E-state index in [2.05, 4.69) is 20.9 Å². The van der Waals surface area contributed by atoms with Crippen LogP contribution in [0.25, 0.3) is 11.0 Å². The minimum absolute atomic E-state index is 0.00270. The molecular formula is C16H16N6O3. The van der Waals surface area contributed by atoms with Gasteiger partial charge in [0.05, 0.1) is 10.4 Å². The molecule has 1 heterocycles. The zero-order chi connectivity index (χ0) is 17.6. The SMILES string of the molecule is O=C(Cn1nnc2ccccc21)NCCNc1ccccc1[N+](=O)[O-]. The fourth-order valence-electron chi connectivity index (χ4n) is 2.41. The summed E-state index contributed by atoms with van der Waals surface area (Å²) in [7, 11) is 0. The van der Waals surface area contributed by atoms with Gasteiger partial charge in [-0.25, -0.2) is 4.68 Å². The first-order valence-corrected chi connectivity index (χ1v) is 7.67. The molecule has 0 saturated carbocycles. The lowest BCUT2D eigenvalue weighted by Gasteiger charge is -2.08. The molecule has 0 fully saturated rings. The number of rotatable bonds is 7. The average molecular weight is 340 g/mol. The van der Waals surface area contributed by atoms with Crippen molar-refractivity contribution >= 4 is 28.3 Å². The largest absolute Gasteiger partial charge is 0.378 e. The molecule has 0 unspecified atom stereocenters. The number of carbonyl (C=O) groups excluding carboxylic acids is 1. The number of nitrogens with zero attached hydrogens (tertiary/aromatic N) is 4. The molecule has 0 atom stereocenters. The molecule has 1 amide bonds. The van der Waals surface area contributed by atoms with Crippen LogP contribution in [0.3, 0.4) is 0 Å². The first-order valence-electron chi connectivity index (χ1n) is 7.67. The summed E-state index contributed by atoms with van der Waals surface area (Å²) in [6.07, 6.45) is 0. The summed E-state index contributed by atoms with van der Waals surface area (Å²) in [5, 5.41) is 24.6. The lowest BCUT2D eigenvalue weighted by Crippen LogP contribution is -2.32. The summed E-state index contributed by atoms with van der Waals surface area (Å²) in [6.45, 7) is 0.762. The molecule has 0 aliphatic carbocycles. The number of carbonyl (C=O) groups is 1. The maximum Gasteiger partial charge on any atom is 0.292 e. The second-order valence-electron chi connectivity index (χ2n) is 5.29. The van der Waals surface area contributed by atoms with Crippen LogP contribution >= 0.6 is 0 Å². The van der Waals surface area contributed by atoms with Gasteiger partial charge in [0, 0.05) is 19.2 Å². The summed E-state index contributed by atoms with van der Waals surface area (Å²) in [5.41, 5.74) is 1.94. The van der Waals surface area contributed by atoms with Gasteiger partial charge in [0.1, 0.15) is 17.7 Å².